The van der Waals surface area contributed by atoms with E-state index in [1.165, 1.54) is 0 Å². The molecule has 0 amide bonds. The van der Waals surface area contributed by atoms with Crippen molar-refractivity contribution in [3.05, 3.63) is 6.61 Å². The Hall–Kier alpha value is -0.360. The Morgan fingerprint density at radius 2 is 1.85 bits per heavy atom. The lowest BCUT2D eigenvalue weighted by atomic mass is 9.97. The van der Waals surface area contributed by atoms with Gasteiger partial charge in [-0.3, -0.25) is 0 Å². The first-order chi connectivity index (χ1) is 9.49. The summed E-state index contributed by atoms with van der Waals surface area (Å²) in [5, 5.41) is 38.4. The van der Waals surface area contributed by atoms with Crippen molar-refractivity contribution in [2.45, 2.75) is 49.0 Å². The Morgan fingerprint density at radius 1 is 1.15 bits per heavy atom. The largest absolute Gasteiger partial charge is 0.394 e. The van der Waals surface area contributed by atoms with Gasteiger partial charge in [0.2, 0.25) is 0 Å². The molecule has 8 N–H and O–H groups in total. The summed E-state index contributed by atoms with van der Waals surface area (Å²) in [5.74, 6) is 0. The molecule has 2 aliphatic heterocycles. The monoisotopic (exact) mass is 293 g/mol. The van der Waals surface area contributed by atoms with Crippen molar-refractivity contribution >= 4 is 0 Å². The van der Waals surface area contributed by atoms with Crippen LogP contribution in [0.4, 0.5) is 0 Å². The van der Waals surface area contributed by atoms with E-state index in [4.69, 9.17) is 30.8 Å². The predicted molar refractivity (Wildman–Crippen MR) is 64.8 cm³/mol. The van der Waals surface area contributed by atoms with Gasteiger partial charge < -0.3 is 46.1 Å². The standard InChI is InChI=1S/C11H21N2O7/c12-1-5-8(16)9(17)7(13)11(19-5)20-10-4(15)3-18-6(10)2-14/h3-11,14-17H,1-2,12-13H2/t4-,5+,6+,7-,8+,9+,10-,11-/m0/s1. The van der Waals surface area contributed by atoms with Crippen molar-refractivity contribution in [2.75, 3.05) is 13.2 Å². The second kappa shape index (κ2) is 6.60. The SMILES string of the molecule is NC[C@H]1O[C@@H](O[C@H]2[C@@H](O)[CH]O[C@@H]2CO)[C@@H](N)[C@@H](O)[C@@H]1O. The van der Waals surface area contributed by atoms with E-state index in [-0.39, 0.29) is 13.2 Å². The molecule has 8 atom stereocenters. The van der Waals surface area contributed by atoms with E-state index in [1.807, 2.05) is 0 Å². The van der Waals surface area contributed by atoms with E-state index < -0.39 is 49.0 Å². The van der Waals surface area contributed by atoms with Gasteiger partial charge in [0, 0.05) is 6.54 Å². The van der Waals surface area contributed by atoms with Crippen molar-refractivity contribution in [2.24, 2.45) is 11.5 Å². The average Bonchev–Trinajstić information content (AvgIpc) is 2.80. The van der Waals surface area contributed by atoms with E-state index in [9.17, 15) is 15.3 Å². The van der Waals surface area contributed by atoms with Crippen LogP contribution in [-0.4, -0.2) is 82.5 Å². The summed E-state index contributed by atoms with van der Waals surface area (Å²) in [6.07, 6.45) is -7.06. The number of nitrogens with two attached hydrogens (primary N) is 2. The zero-order valence-electron chi connectivity index (χ0n) is 10.8. The van der Waals surface area contributed by atoms with E-state index in [0.29, 0.717) is 0 Å². The third kappa shape index (κ3) is 2.96. The fraction of sp³-hybridized carbons (Fsp3) is 0.909. The molecule has 9 heteroatoms. The number of aliphatic hydroxyl groups excluding tert-OH is 4. The molecule has 0 aliphatic carbocycles. The Bertz CT molecular complexity index is 319. The average molecular weight is 293 g/mol. The fourth-order valence-electron chi connectivity index (χ4n) is 2.30. The molecule has 0 spiro atoms. The molecule has 20 heavy (non-hydrogen) atoms. The summed E-state index contributed by atoms with van der Waals surface area (Å²) in [6.45, 7) is 0.765. The highest BCUT2D eigenvalue weighted by Gasteiger charge is 2.46. The third-order valence-corrected chi connectivity index (χ3v) is 3.55. The highest BCUT2D eigenvalue weighted by Crippen LogP contribution is 2.27. The van der Waals surface area contributed by atoms with E-state index >= 15 is 0 Å². The van der Waals surface area contributed by atoms with Gasteiger partial charge in [-0.05, 0) is 0 Å². The highest BCUT2D eigenvalue weighted by molar-refractivity contribution is 4.95. The van der Waals surface area contributed by atoms with Crippen LogP contribution in [0.2, 0.25) is 0 Å². The van der Waals surface area contributed by atoms with Gasteiger partial charge in [0.15, 0.2) is 6.29 Å². The summed E-state index contributed by atoms with van der Waals surface area (Å²) >= 11 is 0. The van der Waals surface area contributed by atoms with Crippen LogP contribution in [-0.2, 0) is 14.2 Å². The first kappa shape index (κ1) is 16.0. The molecular formula is C11H21N2O7. The molecule has 0 bridgehead atoms. The van der Waals surface area contributed by atoms with Crippen LogP contribution in [0, 0.1) is 6.61 Å². The minimum absolute atomic E-state index is 0.0237. The molecule has 2 saturated heterocycles. The van der Waals surface area contributed by atoms with Crippen LogP contribution in [0.3, 0.4) is 0 Å². The Kier molecular flexibility index (Phi) is 5.29. The molecule has 0 saturated carbocycles. The lowest BCUT2D eigenvalue weighted by molar-refractivity contribution is -0.279. The first-order valence-corrected chi connectivity index (χ1v) is 6.40. The van der Waals surface area contributed by atoms with Crippen molar-refractivity contribution < 1.29 is 34.6 Å². The zero-order valence-corrected chi connectivity index (χ0v) is 10.8. The molecule has 2 heterocycles. The molecular weight excluding hydrogens is 272 g/mol. The summed E-state index contributed by atoms with van der Waals surface area (Å²) in [6, 6.07) is -1.01. The highest BCUT2D eigenvalue weighted by atomic mass is 16.7. The van der Waals surface area contributed by atoms with Crippen LogP contribution in [0.1, 0.15) is 0 Å². The van der Waals surface area contributed by atoms with Crippen LogP contribution < -0.4 is 11.5 Å². The van der Waals surface area contributed by atoms with Gasteiger partial charge in [-0.25, -0.2) is 0 Å². The summed E-state index contributed by atoms with van der Waals surface area (Å²) in [5.41, 5.74) is 11.2. The second-order valence-electron chi connectivity index (χ2n) is 4.92. The lowest BCUT2D eigenvalue weighted by Crippen LogP contribution is -2.64. The van der Waals surface area contributed by atoms with E-state index in [0.717, 1.165) is 6.61 Å². The van der Waals surface area contributed by atoms with Gasteiger partial charge in [0.25, 0.3) is 0 Å². The van der Waals surface area contributed by atoms with Gasteiger partial charge in [-0.1, -0.05) is 0 Å². The van der Waals surface area contributed by atoms with Crippen molar-refractivity contribution in [1.82, 2.24) is 0 Å². The van der Waals surface area contributed by atoms with Crippen LogP contribution in [0.15, 0.2) is 0 Å². The maximum atomic E-state index is 9.84. The summed E-state index contributed by atoms with van der Waals surface area (Å²) in [4.78, 5) is 0. The molecule has 2 rings (SSSR count). The maximum absolute atomic E-state index is 9.84. The summed E-state index contributed by atoms with van der Waals surface area (Å²) < 4.78 is 15.9. The summed E-state index contributed by atoms with van der Waals surface area (Å²) in [7, 11) is 0. The van der Waals surface area contributed by atoms with Gasteiger partial charge >= 0.3 is 0 Å². The van der Waals surface area contributed by atoms with E-state index in [1.54, 1.807) is 0 Å². The molecule has 0 aromatic carbocycles. The molecule has 0 unspecified atom stereocenters. The topological polar surface area (TPSA) is 161 Å². The Labute approximate surface area is 116 Å². The van der Waals surface area contributed by atoms with Gasteiger partial charge in [-0.15, -0.1) is 0 Å². The van der Waals surface area contributed by atoms with Gasteiger partial charge in [0.05, 0.1) is 12.6 Å². The number of aliphatic hydroxyl groups is 4. The van der Waals surface area contributed by atoms with Gasteiger partial charge in [-0.2, -0.15) is 0 Å². The molecule has 9 nitrogen and oxygen atoms in total. The Morgan fingerprint density at radius 3 is 2.45 bits per heavy atom. The molecule has 0 aromatic heterocycles. The Balaban J connectivity index is 2.03. The lowest BCUT2D eigenvalue weighted by Gasteiger charge is -2.42. The minimum atomic E-state index is -1.27. The maximum Gasteiger partial charge on any atom is 0.176 e. The number of hydrogen-bond donors (Lipinski definition) is 6. The third-order valence-electron chi connectivity index (χ3n) is 3.55. The van der Waals surface area contributed by atoms with E-state index in [2.05, 4.69) is 0 Å². The molecule has 0 aromatic rings. The fourth-order valence-corrected chi connectivity index (χ4v) is 2.30. The molecule has 2 aliphatic rings. The molecule has 1 radical (unpaired) electrons. The quantitative estimate of drug-likeness (QED) is 0.303. The molecule has 117 valence electrons. The number of ether oxygens (including phenoxy) is 3. The zero-order chi connectivity index (χ0) is 14.9. The first-order valence-electron chi connectivity index (χ1n) is 6.40. The normalized spacial score (nSPS) is 49.5. The van der Waals surface area contributed by atoms with Crippen LogP contribution in [0.25, 0.3) is 0 Å². The number of rotatable bonds is 4. The van der Waals surface area contributed by atoms with Crippen molar-refractivity contribution in [3.8, 4) is 0 Å². The van der Waals surface area contributed by atoms with Crippen LogP contribution >= 0.6 is 0 Å². The van der Waals surface area contributed by atoms with Crippen LogP contribution in [0.5, 0.6) is 0 Å². The predicted octanol–water partition coefficient (Wildman–Crippen LogP) is -3.98. The van der Waals surface area contributed by atoms with Crippen molar-refractivity contribution in [3.63, 3.8) is 0 Å². The van der Waals surface area contributed by atoms with Crippen molar-refractivity contribution in [1.29, 1.82) is 0 Å². The molecule has 2 fully saturated rings. The smallest absolute Gasteiger partial charge is 0.176 e. The van der Waals surface area contributed by atoms with Gasteiger partial charge in [0.1, 0.15) is 43.2 Å². The second-order valence-corrected chi connectivity index (χ2v) is 4.92. The number of hydrogen-bond acceptors (Lipinski definition) is 9. The minimum Gasteiger partial charge on any atom is -0.394 e.